The zero-order valence-corrected chi connectivity index (χ0v) is 16.6. The van der Waals surface area contributed by atoms with Crippen LogP contribution in [0.1, 0.15) is 12.0 Å². The van der Waals surface area contributed by atoms with Gasteiger partial charge in [-0.25, -0.2) is 8.42 Å². The number of nitrogens with one attached hydrogen (secondary N) is 1. The highest BCUT2D eigenvalue weighted by Crippen LogP contribution is 2.37. The van der Waals surface area contributed by atoms with E-state index in [0.717, 1.165) is 22.7 Å². The molecule has 0 aromatic heterocycles. The van der Waals surface area contributed by atoms with E-state index in [0.29, 0.717) is 0 Å². The Hall–Kier alpha value is -2.46. The molecule has 1 atom stereocenters. The summed E-state index contributed by atoms with van der Waals surface area (Å²) in [6.45, 7) is -0.0254. The molecule has 3 rings (SSSR count). The van der Waals surface area contributed by atoms with Crippen LogP contribution < -0.4 is 14.4 Å². The van der Waals surface area contributed by atoms with E-state index in [4.69, 9.17) is 16.3 Å². The van der Waals surface area contributed by atoms with Gasteiger partial charge in [-0.1, -0.05) is 23.7 Å². The third-order valence-corrected chi connectivity index (χ3v) is 5.74. The molecule has 0 saturated heterocycles. The lowest BCUT2D eigenvalue weighted by molar-refractivity contribution is -0.137. The Kier molecular flexibility index (Phi) is 5.68. The van der Waals surface area contributed by atoms with Gasteiger partial charge in [0, 0.05) is 18.7 Å². The average molecular weight is 449 g/mol. The summed E-state index contributed by atoms with van der Waals surface area (Å²) < 4.78 is 70.0. The van der Waals surface area contributed by atoms with Crippen LogP contribution in [0.15, 0.2) is 42.5 Å². The van der Waals surface area contributed by atoms with Gasteiger partial charge in [0.25, 0.3) is 5.91 Å². The summed E-state index contributed by atoms with van der Waals surface area (Å²) in [6, 6.07) is 9.32. The third kappa shape index (κ3) is 4.76. The second-order valence-electron chi connectivity index (χ2n) is 6.38. The Bertz CT molecular complexity index is 1040. The van der Waals surface area contributed by atoms with Crippen molar-refractivity contribution < 1.29 is 31.1 Å². The number of hydrogen-bond acceptors (Lipinski definition) is 4. The molecule has 0 spiro atoms. The van der Waals surface area contributed by atoms with Gasteiger partial charge in [-0.3, -0.25) is 9.10 Å². The van der Waals surface area contributed by atoms with Gasteiger partial charge in [0.15, 0.2) is 6.10 Å². The Morgan fingerprint density at radius 2 is 1.93 bits per heavy atom. The molecule has 11 heteroatoms. The maximum atomic E-state index is 13.0. The first kappa shape index (κ1) is 21.3. The largest absolute Gasteiger partial charge is 0.478 e. The fourth-order valence-corrected chi connectivity index (χ4v) is 4.07. The molecule has 156 valence electrons. The summed E-state index contributed by atoms with van der Waals surface area (Å²) in [6.07, 6.45) is -4.73. The number of fused-ring (bicyclic) bond motifs is 1. The molecule has 29 heavy (non-hydrogen) atoms. The Morgan fingerprint density at radius 1 is 1.24 bits per heavy atom. The number of hydrogen-bond donors (Lipinski definition) is 1. The highest BCUT2D eigenvalue weighted by Gasteiger charge is 2.34. The maximum absolute atomic E-state index is 13.0. The van der Waals surface area contributed by atoms with Crippen LogP contribution in [-0.4, -0.2) is 33.2 Å². The van der Waals surface area contributed by atoms with E-state index in [1.807, 2.05) is 0 Å². The zero-order valence-electron chi connectivity index (χ0n) is 15.0. The fraction of sp³-hybridized carbons (Fsp3) is 0.278. The summed E-state index contributed by atoms with van der Waals surface area (Å²) in [5.41, 5.74) is -0.892. The molecular weight excluding hydrogens is 433 g/mol. The first-order valence-corrected chi connectivity index (χ1v) is 10.6. The molecule has 1 aliphatic rings. The van der Waals surface area contributed by atoms with Crippen LogP contribution in [0.2, 0.25) is 5.02 Å². The van der Waals surface area contributed by atoms with E-state index >= 15 is 0 Å². The smallest absolute Gasteiger partial charge is 0.417 e. The molecule has 1 aliphatic heterocycles. The molecule has 2 aromatic carbocycles. The van der Waals surface area contributed by atoms with Gasteiger partial charge in [-0.05, 0) is 30.3 Å². The molecule has 1 heterocycles. The van der Waals surface area contributed by atoms with Crippen LogP contribution in [0.25, 0.3) is 0 Å². The van der Waals surface area contributed by atoms with Crippen molar-refractivity contribution in [2.75, 3.05) is 22.4 Å². The van der Waals surface area contributed by atoms with Crippen molar-refractivity contribution in [2.24, 2.45) is 0 Å². The molecular formula is C18H16ClF3N2O4S. The topological polar surface area (TPSA) is 75.7 Å². The van der Waals surface area contributed by atoms with Crippen molar-refractivity contribution in [3.63, 3.8) is 0 Å². The summed E-state index contributed by atoms with van der Waals surface area (Å²) in [4.78, 5) is 12.6. The van der Waals surface area contributed by atoms with Crippen LogP contribution in [0.5, 0.6) is 5.75 Å². The lowest BCUT2D eigenvalue weighted by Crippen LogP contribution is -2.36. The van der Waals surface area contributed by atoms with Crippen molar-refractivity contribution >= 4 is 38.9 Å². The fourth-order valence-electron chi connectivity index (χ4n) is 2.90. The average Bonchev–Trinajstić information content (AvgIpc) is 2.82. The molecule has 1 N–H and O–H groups in total. The van der Waals surface area contributed by atoms with E-state index in [9.17, 15) is 26.4 Å². The van der Waals surface area contributed by atoms with E-state index < -0.39 is 38.8 Å². The number of benzene rings is 2. The number of nitrogens with zero attached hydrogens (tertiary/aromatic N) is 1. The van der Waals surface area contributed by atoms with Gasteiger partial charge < -0.3 is 10.1 Å². The Labute approximate surface area is 170 Å². The summed E-state index contributed by atoms with van der Waals surface area (Å²) >= 11 is 5.58. The molecule has 0 fully saturated rings. The highest BCUT2D eigenvalue weighted by molar-refractivity contribution is 7.92. The van der Waals surface area contributed by atoms with Crippen LogP contribution in [-0.2, 0) is 21.0 Å². The zero-order chi connectivity index (χ0) is 21.4. The molecule has 0 saturated carbocycles. The van der Waals surface area contributed by atoms with Crippen molar-refractivity contribution in [2.45, 2.75) is 18.7 Å². The predicted molar refractivity (Wildman–Crippen MR) is 103 cm³/mol. The minimum atomic E-state index is -4.68. The van der Waals surface area contributed by atoms with Crippen LogP contribution in [0.3, 0.4) is 0 Å². The lowest BCUT2D eigenvalue weighted by atomic mass is 10.1. The number of sulfonamides is 1. The minimum Gasteiger partial charge on any atom is -0.478 e. The number of anilines is 2. The monoisotopic (exact) mass is 448 g/mol. The van der Waals surface area contributed by atoms with Gasteiger partial charge in [-0.2, -0.15) is 13.2 Å². The molecule has 1 amide bonds. The van der Waals surface area contributed by atoms with E-state index in [1.54, 1.807) is 18.2 Å². The van der Waals surface area contributed by atoms with Gasteiger partial charge in [-0.15, -0.1) is 0 Å². The maximum Gasteiger partial charge on any atom is 0.417 e. The molecule has 2 aromatic rings. The quantitative estimate of drug-likeness (QED) is 0.772. The predicted octanol–water partition coefficient (Wildman–Crippen LogP) is 3.91. The van der Waals surface area contributed by atoms with Crippen molar-refractivity contribution in [1.29, 1.82) is 0 Å². The highest BCUT2D eigenvalue weighted by atomic mass is 35.5. The Balaban J connectivity index is 1.85. The molecule has 0 bridgehead atoms. The third-order valence-electron chi connectivity index (χ3n) is 4.23. The lowest BCUT2D eigenvalue weighted by Gasteiger charge is -2.20. The first-order chi connectivity index (χ1) is 13.5. The van der Waals surface area contributed by atoms with Gasteiger partial charge in [0.05, 0.1) is 22.5 Å². The number of para-hydroxylation sites is 2. The van der Waals surface area contributed by atoms with Crippen LogP contribution >= 0.6 is 11.6 Å². The summed E-state index contributed by atoms with van der Waals surface area (Å²) in [5, 5.41) is 1.89. The summed E-state index contributed by atoms with van der Waals surface area (Å²) in [7, 11) is -3.62. The SMILES string of the molecule is CS(=O)(=O)N1CC[C@H](C(=O)Nc2ccc(Cl)c(C(F)(F)F)c2)Oc2ccccc21. The number of carbonyl (C=O) groups excluding carboxylic acids is 1. The summed E-state index contributed by atoms with van der Waals surface area (Å²) in [5.74, 6) is -0.520. The van der Waals surface area contributed by atoms with E-state index in [2.05, 4.69) is 5.32 Å². The van der Waals surface area contributed by atoms with Gasteiger partial charge >= 0.3 is 6.18 Å². The van der Waals surface area contributed by atoms with Crippen molar-refractivity contribution in [3.05, 3.63) is 53.1 Å². The number of halogens is 4. The molecule has 0 radical (unpaired) electrons. The first-order valence-electron chi connectivity index (χ1n) is 8.38. The second kappa shape index (κ2) is 7.75. The molecule has 6 nitrogen and oxygen atoms in total. The number of rotatable bonds is 3. The molecule has 0 unspecified atom stereocenters. The van der Waals surface area contributed by atoms with Crippen molar-refractivity contribution in [1.82, 2.24) is 0 Å². The molecule has 0 aliphatic carbocycles. The van der Waals surface area contributed by atoms with E-state index in [1.165, 1.54) is 12.1 Å². The number of alkyl halides is 3. The van der Waals surface area contributed by atoms with Gasteiger partial charge in [0.2, 0.25) is 10.0 Å². The van der Waals surface area contributed by atoms with E-state index in [-0.39, 0.29) is 30.1 Å². The number of carbonyl (C=O) groups is 1. The van der Waals surface area contributed by atoms with Gasteiger partial charge in [0.1, 0.15) is 5.75 Å². The van der Waals surface area contributed by atoms with Crippen LogP contribution in [0.4, 0.5) is 24.5 Å². The second-order valence-corrected chi connectivity index (χ2v) is 8.69. The number of amides is 1. The Morgan fingerprint density at radius 3 is 2.59 bits per heavy atom. The normalized spacial score (nSPS) is 17.1. The minimum absolute atomic E-state index is 0.00724. The van der Waals surface area contributed by atoms with Crippen molar-refractivity contribution in [3.8, 4) is 5.75 Å². The standard InChI is InChI=1S/C18H16ClF3N2O4S/c1-29(26,27)24-9-8-16(28-15-5-3-2-4-14(15)24)17(25)23-11-6-7-13(19)12(10-11)18(20,21)22/h2-7,10,16H,8-9H2,1H3,(H,23,25)/t16-/m1/s1. The van der Waals surface area contributed by atoms with Crippen LogP contribution in [0, 0.1) is 0 Å². The number of ether oxygens (including phenoxy) is 1.